The number of hydrogen-bond donors (Lipinski definition) is 2. The van der Waals surface area contributed by atoms with Crippen LogP contribution in [0.4, 0.5) is 0 Å². The third kappa shape index (κ3) is 13.5. The number of carboxylic acids is 2. The van der Waals surface area contributed by atoms with E-state index in [2.05, 4.69) is 31.1 Å². The van der Waals surface area contributed by atoms with Crippen molar-refractivity contribution in [2.24, 2.45) is 0 Å². The number of nitrogens with zero attached hydrogens (tertiary/aromatic N) is 8. The number of hydrogen-bond acceptors (Lipinski definition) is 12. The fourth-order valence-electron chi connectivity index (χ4n) is 2.06. The fraction of sp³-hybridized carbons (Fsp3) is 0.111. The first-order valence-corrected chi connectivity index (χ1v) is 8.53. The Morgan fingerprint density at radius 1 is 0.649 bits per heavy atom. The van der Waals surface area contributed by atoms with Gasteiger partial charge in [0, 0.05) is 14.2 Å². The average Bonchev–Trinajstić information content (AvgIpc) is 3.57. The number of carboxylic acid groups (broad SMARTS) is 2. The van der Waals surface area contributed by atoms with Gasteiger partial charge in [0.15, 0.2) is 0 Å². The monoisotopic (exact) mass is 580 g/mol. The summed E-state index contributed by atoms with van der Waals surface area (Å²) in [4.78, 5) is 20.9. The van der Waals surface area contributed by atoms with E-state index in [0.717, 1.165) is 14.2 Å². The summed E-state index contributed by atoms with van der Waals surface area (Å²) < 4.78 is 2.86. The summed E-state index contributed by atoms with van der Waals surface area (Å²) in [5.41, 5.74) is 1.64. The van der Waals surface area contributed by atoms with Crippen molar-refractivity contribution < 1.29 is 71.4 Å². The molecule has 2 aromatic heterocycles. The molecule has 2 heterocycles. The number of benzene rings is 2. The molecule has 0 aliphatic rings. The molecule has 18 nitrogen and oxygen atoms in total. The van der Waals surface area contributed by atoms with E-state index in [1.54, 1.807) is 24.3 Å². The molecule has 12 N–H and O–H groups in total. The van der Waals surface area contributed by atoms with E-state index < -0.39 is 11.9 Å². The summed E-state index contributed by atoms with van der Waals surface area (Å²) in [5, 5.41) is 56.0. The number of rotatable bonds is 4. The van der Waals surface area contributed by atoms with Crippen molar-refractivity contribution in [1.29, 1.82) is 0 Å². The summed E-state index contributed by atoms with van der Waals surface area (Å²) in [6.07, 6.45) is 2.85. The van der Waals surface area contributed by atoms with E-state index in [4.69, 9.17) is 10.2 Å². The van der Waals surface area contributed by atoms with Gasteiger partial charge < -0.3 is 51.9 Å². The number of aliphatic hydroxyl groups excluding tert-OH is 2. The van der Waals surface area contributed by atoms with Crippen LogP contribution in [0, 0.1) is 0 Å². The summed E-state index contributed by atoms with van der Waals surface area (Å²) in [5.74, 6) is -2.40. The normalized spacial score (nSPS) is 7.89. The van der Waals surface area contributed by atoms with E-state index in [1.807, 2.05) is 0 Å². The largest absolute Gasteiger partial charge is 2.00 e. The minimum absolute atomic E-state index is 0. The van der Waals surface area contributed by atoms with Gasteiger partial charge in [-0.2, -0.15) is 0 Å². The van der Waals surface area contributed by atoms with Crippen molar-refractivity contribution in [2.75, 3.05) is 14.2 Å². The topological polar surface area (TPSA) is 337 Å². The Bertz CT molecular complexity index is 979. The first-order valence-electron chi connectivity index (χ1n) is 8.53. The van der Waals surface area contributed by atoms with E-state index in [1.165, 1.54) is 46.3 Å². The van der Waals surface area contributed by atoms with E-state index in [9.17, 15) is 19.8 Å². The molecule has 4 rings (SSSR count). The number of aliphatic hydroxyl groups is 2. The van der Waals surface area contributed by atoms with E-state index in [0.29, 0.717) is 11.4 Å². The van der Waals surface area contributed by atoms with Crippen molar-refractivity contribution in [3.63, 3.8) is 0 Å². The van der Waals surface area contributed by atoms with Crippen LogP contribution in [0.3, 0.4) is 0 Å². The molecule has 0 saturated carbocycles. The Morgan fingerprint density at radius 3 is 1.11 bits per heavy atom. The van der Waals surface area contributed by atoms with Crippen LogP contribution in [0.25, 0.3) is 11.4 Å². The molecule has 37 heavy (non-hydrogen) atoms. The van der Waals surface area contributed by atoms with Gasteiger partial charge in [-0.3, -0.25) is 0 Å². The Balaban J connectivity index is -0.000000145. The minimum atomic E-state index is -1.20. The van der Waals surface area contributed by atoms with E-state index in [-0.39, 0.29) is 52.5 Å². The molecule has 0 atom stereocenters. The number of tetrazole rings is 2. The van der Waals surface area contributed by atoms with Gasteiger partial charge in [0.05, 0.1) is 23.3 Å². The Labute approximate surface area is 221 Å². The molecule has 2 aromatic carbocycles. The molecule has 0 aliphatic carbocycles. The molecule has 0 fully saturated rings. The van der Waals surface area contributed by atoms with Gasteiger partial charge in [-0.1, -0.05) is 24.3 Å². The van der Waals surface area contributed by atoms with E-state index >= 15 is 0 Å². The molecule has 0 saturated heterocycles. The average molecular weight is 582 g/mol. The molecular weight excluding hydrogens is 554 g/mol. The molecular formula is C18H28N8O10Zn+2. The van der Waals surface area contributed by atoms with Crippen LogP contribution in [0.5, 0.6) is 0 Å². The third-order valence-electron chi connectivity index (χ3n) is 3.43. The van der Waals surface area contributed by atoms with Crippen LogP contribution in [0.15, 0.2) is 61.2 Å². The van der Waals surface area contributed by atoms with Crippen LogP contribution in [-0.2, 0) is 30.4 Å². The number of aromatic nitrogens is 8. The predicted molar refractivity (Wildman–Crippen MR) is 120 cm³/mol. The van der Waals surface area contributed by atoms with Gasteiger partial charge in [-0.05, 0) is 56.2 Å². The number of aromatic carboxylic acids is 2. The first kappa shape index (κ1) is 43.0. The Morgan fingerprint density at radius 2 is 0.919 bits per heavy atom. The molecule has 0 bridgehead atoms. The standard InChI is InChI=1S/2C8H6N4O2.2CH4O.4H2O.Zn/c2*13-8(14)6-1-3-7(4-2-6)12-5-9-10-11-12;2*1-2;;;;;/h2*1-5H,(H,13,14);2*2H,1H3;4*1H2;/q;;;;;;;;+2. The van der Waals surface area contributed by atoms with Gasteiger partial charge in [0.1, 0.15) is 12.7 Å². The quantitative estimate of drug-likeness (QED) is 0.168. The van der Waals surface area contributed by atoms with Crippen molar-refractivity contribution in [1.82, 2.24) is 40.4 Å². The van der Waals surface area contributed by atoms with Gasteiger partial charge in [0.25, 0.3) is 0 Å². The van der Waals surface area contributed by atoms with Crippen molar-refractivity contribution in [2.45, 2.75) is 0 Å². The molecule has 4 aromatic rings. The summed E-state index contributed by atoms with van der Waals surface area (Å²) in [6.45, 7) is 0. The van der Waals surface area contributed by atoms with Crippen molar-refractivity contribution in [3.8, 4) is 11.4 Å². The second-order valence-corrected chi connectivity index (χ2v) is 5.18. The van der Waals surface area contributed by atoms with Crippen LogP contribution in [-0.4, -0.2) is 87.7 Å². The Hall–Kier alpha value is -4.10. The van der Waals surface area contributed by atoms with Gasteiger partial charge in [-0.15, -0.1) is 10.2 Å². The zero-order valence-corrected chi connectivity index (χ0v) is 22.7. The zero-order chi connectivity index (χ0) is 23.9. The van der Waals surface area contributed by atoms with Crippen LogP contribution in [0.1, 0.15) is 20.7 Å². The second-order valence-electron chi connectivity index (χ2n) is 5.18. The smallest absolute Gasteiger partial charge is 0.545 e. The maximum absolute atomic E-state index is 10.4. The molecule has 200 valence electrons. The van der Waals surface area contributed by atoms with Gasteiger partial charge in [0.2, 0.25) is 0 Å². The van der Waals surface area contributed by atoms with Gasteiger partial charge in [-0.25, -0.2) is 9.36 Å². The van der Waals surface area contributed by atoms with Crippen LogP contribution >= 0.6 is 0 Å². The van der Waals surface area contributed by atoms with Crippen molar-refractivity contribution >= 4 is 11.9 Å². The maximum atomic E-state index is 10.4. The van der Waals surface area contributed by atoms with Gasteiger partial charge >= 0.3 is 19.5 Å². The molecule has 0 amide bonds. The first-order chi connectivity index (χ1) is 15.5. The SMILES string of the molecule is CO.CO.O.O.O=C([O-])c1ccc(-n2cnnn2)cc1.O=C([O-])c1ccc(-n2cnnn2)cc1.[OH3+].[OH3+].[Zn+2]. The summed E-state index contributed by atoms with van der Waals surface area (Å²) >= 11 is 0. The third-order valence-corrected chi connectivity index (χ3v) is 3.43. The molecule has 0 aliphatic heterocycles. The number of carbonyl (C=O) groups is 2. The maximum Gasteiger partial charge on any atom is 2.00 e. The minimum Gasteiger partial charge on any atom is -0.545 e. The second kappa shape index (κ2) is 23.6. The van der Waals surface area contributed by atoms with Crippen LogP contribution < -0.4 is 10.2 Å². The summed E-state index contributed by atoms with van der Waals surface area (Å²) in [6, 6.07) is 12.1. The molecule has 0 spiro atoms. The predicted octanol–water partition coefficient (Wildman–Crippen LogP) is -6.23. The fourth-order valence-corrected chi connectivity index (χ4v) is 2.06. The number of carbonyl (C=O) groups excluding carboxylic acids is 2. The Kier molecular flexibility index (Phi) is 27.5. The zero-order valence-electron chi connectivity index (χ0n) is 19.7. The molecule has 19 heteroatoms. The summed E-state index contributed by atoms with van der Waals surface area (Å²) in [7, 11) is 2.00. The molecule has 0 unspecified atom stereocenters. The molecule has 0 radical (unpaired) electrons. The van der Waals surface area contributed by atoms with Crippen LogP contribution in [0.2, 0.25) is 0 Å². The van der Waals surface area contributed by atoms with Crippen molar-refractivity contribution in [3.05, 3.63) is 72.3 Å².